The summed E-state index contributed by atoms with van der Waals surface area (Å²) in [5.41, 5.74) is 0.396. The molecule has 0 aromatic heterocycles. The topological polar surface area (TPSA) is 20.2 Å². The smallest absolute Gasteiger partial charge is 0.129 e. The minimum Gasteiger partial charge on any atom is -0.387 e. The molecule has 0 radical (unpaired) electrons. The molecule has 18 heavy (non-hydrogen) atoms. The number of aliphatic hydroxyl groups is 1. The first-order chi connectivity index (χ1) is 8.66. The third kappa shape index (κ3) is 3.97. The number of hydrogen-bond acceptors (Lipinski definition) is 2. The van der Waals surface area contributed by atoms with Crippen molar-refractivity contribution < 1.29 is 9.50 Å². The summed E-state index contributed by atoms with van der Waals surface area (Å²) in [4.78, 5) is 0. The fourth-order valence-corrected chi connectivity index (χ4v) is 4.00. The maximum atomic E-state index is 13.6. The van der Waals surface area contributed by atoms with Gasteiger partial charge in [0.15, 0.2) is 0 Å². The number of rotatable bonds is 4. The minimum atomic E-state index is -0.713. The van der Waals surface area contributed by atoms with Crippen LogP contribution >= 0.6 is 27.7 Å². The van der Waals surface area contributed by atoms with E-state index >= 15 is 0 Å². The van der Waals surface area contributed by atoms with Crippen LogP contribution in [0.15, 0.2) is 22.7 Å². The molecule has 1 aromatic rings. The molecule has 100 valence electrons. The van der Waals surface area contributed by atoms with E-state index in [0.29, 0.717) is 16.6 Å². The van der Waals surface area contributed by atoms with Crippen molar-refractivity contribution in [3.05, 3.63) is 34.1 Å². The fourth-order valence-electron chi connectivity index (χ4n) is 2.32. The van der Waals surface area contributed by atoms with Gasteiger partial charge in [0.05, 0.1) is 6.10 Å². The molecular weight excluding hydrogens is 315 g/mol. The monoisotopic (exact) mass is 332 g/mol. The molecule has 2 rings (SSSR count). The van der Waals surface area contributed by atoms with E-state index in [9.17, 15) is 9.50 Å². The molecule has 0 saturated heterocycles. The zero-order valence-corrected chi connectivity index (χ0v) is 12.6. The lowest BCUT2D eigenvalue weighted by molar-refractivity contribution is 0.198. The van der Waals surface area contributed by atoms with Gasteiger partial charge in [-0.05, 0) is 31.0 Å². The van der Waals surface area contributed by atoms with E-state index in [0.717, 1.165) is 4.47 Å². The quantitative estimate of drug-likeness (QED) is 0.863. The largest absolute Gasteiger partial charge is 0.387 e. The molecule has 1 unspecified atom stereocenters. The maximum Gasteiger partial charge on any atom is 0.129 e. The van der Waals surface area contributed by atoms with E-state index < -0.39 is 6.10 Å². The van der Waals surface area contributed by atoms with Crippen molar-refractivity contribution >= 4 is 27.7 Å². The molecule has 1 saturated carbocycles. The zero-order chi connectivity index (χ0) is 13.0. The van der Waals surface area contributed by atoms with Gasteiger partial charge in [0.2, 0.25) is 0 Å². The summed E-state index contributed by atoms with van der Waals surface area (Å²) in [6.45, 7) is 0. The van der Waals surface area contributed by atoms with Crippen LogP contribution < -0.4 is 0 Å². The van der Waals surface area contributed by atoms with Gasteiger partial charge in [0.1, 0.15) is 5.82 Å². The van der Waals surface area contributed by atoms with E-state index in [1.54, 1.807) is 23.9 Å². The highest BCUT2D eigenvalue weighted by Crippen LogP contribution is 2.32. The maximum absolute atomic E-state index is 13.6. The predicted octanol–water partition coefficient (Wildman–Crippen LogP) is 4.69. The number of thioether (sulfide) groups is 1. The molecule has 0 bridgehead atoms. The number of hydrogen-bond donors (Lipinski definition) is 1. The number of aliphatic hydroxyl groups excluding tert-OH is 1. The van der Waals surface area contributed by atoms with Gasteiger partial charge in [-0.25, -0.2) is 4.39 Å². The summed E-state index contributed by atoms with van der Waals surface area (Å²) in [5.74, 6) is 0.257. The van der Waals surface area contributed by atoms with Gasteiger partial charge in [0.25, 0.3) is 0 Å². The van der Waals surface area contributed by atoms with Crippen LogP contribution in [0.2, 0.25) is 0 Å². The highest BCUT2D eigenvalue weighted by atomic mass is 79.9. The van der Waals surface area contributed by atoms with Crippen LogP contribution in [-0.2, 0) is 0 Å². The molecule has 0 aliphatic heterocycles. The first-order valence-electron chi connectivity index (χ1n) is 6.41. The molecule has 0 amide bonds. The molecule has 1 atom stereocenters. The molecule has 1 nitrogen and oxygen atoms in total. The van der Waals surface area contributed by atoms with Gasteiger partial charge in [-0.3, -0.25) is 0 Å². The Morgan fingerprint density at radius 1 is 1.33 bits per heavy atom. The van der Waals surface area contributed by atoms with Crippen molar-refractivity contribution in [2.24, 2.45) is 0 Å². The summed E-state index contributed by atoms with van der Waals surface area (Å²) < 4.78 is 14.4. The van der Waals surface area contributed by atoms with Crippen molar-refractivity contribution in [3.63, 3.8) is 0 Å². The van der Waals surface area contributed by atoms with E-state index in [1.807, 2.05) is 0 Å². The Balaban J connectivity index is 1.90. The third-order valence-corrected chi connectivity index (χ3v) is 5.30. The fraction of sp³-hybridized carbons (Fsp3) is 0.571. The highest BCUT2D eigenvalue weighted by Gasteiger charge is 2.18. The molecular formula is C14H18BrFOS. The first-order valence-corrected chi connectivity index (χ1v) is 8.25. The second-order valence-corrected chi connectivity index (χ2v) is 7.02. The number of benzene rings is 1. The Labute approximate surface area is 120 Å². The lowest BCUT2D eigenvalue weighted by atomic mass is 10.0. The Morgan fingerprint density at radius 3 is 2.78 bits per heavy atom. The van der Waals surface area contributed by atoms with Crippen LogP contribution in [-0.4, -0.2) is 16.1 Å². The van der Waals surface area contributed by atoms with Gasteiger partial charge in [-0.1, -0.05) is 35.2 Å². The highest BCUT2D eigenvalue weighted by molar-refractivity contribution is 9.10. The van der Waals surface area contributed by atoms with Gasteiger partial charge in [-0.2, -0.15) is 11.8 Å². The van der Waals surface area contributed by atoms with Crippen molar-refractivity contribution in [2.45, 2.75) is 43.5 Å². The Hall–Kier alpha value is -0.0600. The van der Waals surface area contributed by atoms with Crippen molar-refractivity contribution in [1.82, 2.24) is 0 Å². The van der Waals surface area contributed by atoms with Crippen LogP contribution in [0.5, 0.6) is 0 Å². The van der Waals surface area contributed by atoms with E-state index in [4.69, 9.17) is 0 Å². The van der Waals surface area contributed by atoms with Crippen LogP contribution in [0.4, 0.5) is 4.39 Å². The van der Waals surface area contributed by atoms with Gasteiger partial charge in [0, 0.05) is 21.0 Å². The van der Waals surface area contributed by atoms with E-state index in [1.165, 1.54) is 38.2 Å². The summed E-state index contributed by atoms with van der Waals surface area (Å²) >= 11 is 5.09. The standard InChI is InChI=1S/C14H18BrFOS/c15-10-6-7-13(16)12(8-10)14(17)9-18-11-4-2-1-3-5-11/h6-8,11,14,17H,1-5,9H2. The van der Waals surface area contributed by atoms with Crippen LogP contribution in [0.3, 0.4) is 0 Å². The normalized spacial score (nSPS) is 18.8. The van der Waals surface area contributed by atoms with E-state index in [-0.39, 0.29) is 5.82 Å². The van der Waals surface area contributed by atoms with Crippen LogP contribution in [0.25, 0.3) is 0 Å². The summed E-state index contributed by atoms with van der Waals surface area (Å²) in [5, 5.41) is 10.7. The second-order valence-electron chi connectivity index (χ2n) is 4.77. The van der Waals surface area contributed by atoms with Crippen molar-refractivity contribution in [3.8, 4) is 0 Å². The minimum absolute atomic E-state index is 0.324. The lowest BCUT2D eigenvalue weighted by Gasteiger charge is -2.22. The summed E-state index contributed by atoms with van der Waals surface area (Å²) in [7, 11) is 0. The summed E-state index contributed by atoms with van der Waals surface area (Å²) in [6.07, 6.45) is 5.67. The molecule has 1 fully saturated rings. The number of halogens is 2. The van der Waals surface area contributed by atoms with Crippen molar-refractivity contribution in [1.29, 1.82) is 0 Å². The molecule has 0 spiro atoms. The Morgan fingerprint density at radius 2 is 2.06 bits per heavy atom. The van der Waals surface area contributed by atoms with Crippen LogP contribution in [0.1, 0.15) is 43.8 Å². The molecule has 1 aliphatic rings. The molecule has 1 aromatic carbocycles. The zero-order valence-electron chi connectivity index (χ0n) is 10.2. The summed E-state index contributed by atoms with van der Waals surface area (Å²) in [6, 6.07) is 4.72. The molecule has 0 heterocycles. The molecule has 1 N–H and O–H groups in total. The van der Waals surface area contributed by atoms with Gasteiger partial charge in [-0.15, -0.1) is 0 Å². The lowest BCUT2D eigenvalue weighted by Crippen LogP contribution is -2.12. The Bertz CT molecular complexity index is 393. The molecule has 4 heteroatoms. The average molecular weight is 333 g/mol. The third-order valence-electron chi connectivity index (χ3n) is 3.36. The van der Waals surface area contributed by atoms with Gasteiger partial charge >= 0.3 is 0 Å². The Kier molecular flexibility index (Phi) is 5.52. The van der Waals surface area contributed by atoms with Crippen molar-refractivity contribution in [2.75, 3.05) is 5.75 Å². The molecule has 1 aliphatic carbocycles. The average Bonchev–Trinajstić information content (AvgIpc) is 2.40. The first kappa shape index (κ1) is 14.4. The predicted molar refractivity (Wildman–Crippen MR) is 78.4 cm³/mol. The van der Waals surface area contributed by atoms with Gasteiger partial charge < -0.3 is 5.11 Å². The SMILES string of the molecule is OC(CSC1CCCCC1)c1cc(Br)ccc1F. The van der Waals surface area contributed by atoms with E-state index in [2.05, 4.69) is 15.9 Å². The second kappa shape index (κ2) is 6.92. The van der Waals surface area contributed by atoms with Crippen LogP contribution in [0, 0.1) is 5.82 Å².